The van der Waals surface area contributed by atoms with Crippen LogP contribution in [-0.4, -0.2) is 38.3 Å². The van der Waals surface area contributed by atoms with E-state index in [4.69, 9.17) is 10.5 Å². The lowest BCUT2D eigenvalue weighted by Gasteiger charge is -2.39. The second-order valence-corrected chi connectivity index (χ2v) is 5.62. The molecular formula is C15H23FN2O. The summed E-state index contributed by atoms with van der Waals surface area (Å²) in [7, 11) is 2.09. The molecule has 0 bridgehead atoms. The second kappa shape index (κ2) is 6.46. The van der Waals surface area contributed by atoms with Gasteiger partial charge in [-0.25, -0.2) is 4.39 Å². The van der Waals surface area contributed by atoms with Crippen molar-refractivity contribution in [2.24, 2.45) is 11.1 Å². The van der Waals surface area contributed by atoms with E-state index >= 15 is 0 Å². The molecule has 2 N–H and O–H groups in total. The minimum atomic E-state index is -0.186. The first-order valence-electron chi connectivity index (χ1n) is 6.84. The van der Waals surface area contributed by atoms with Gasteiger partial charge < -0.3 is 15.4 Å². The largest absolute Gasteiger partial charge is 0.381 e. The van der Waals surface area contributed by atoms with Crippen LogP contribution in [0.4, 0.5) is 4.39 Å². The maximum absolute atomic E-state index is 12.9. The molecule has 1 aromatic rings. The molecule has 1 fully saturated rings. The van der Waals surface area contributed by atoms with Gasteiger partial charge in [-0.15, -0.1) is 0 Å². The summed E-state index contributed by atoms with van der Waals surface area (Å²) in [6.07, 6.45) is 2.05. The van der Waals surface area contributed by atoms with Gasteiger partial charge in [0.05, 0.1) is 0 Å². The maximum Gasteiger partial charge on any atom is 0.123 e. The summed E-state index contributed by atoms with van der Waals surface area (Å²) in [4.78, 5) is 2.27. The Balaban J connectivity index is 1.92. The monoisotopic (exact) mass is 266 g/mol. The minimum absolute atomic E-state index is 0.174. The highest BCUT2D eigenvalue weighted by Gasteiger charge is 2.32. The van der Waals surface area contributed by atoms with E-state index in [1.807, 2.05) is 12.1 Å². The lowest BCUT2D eigenvalue weighted by Crippen LogP contribution is -2.44. The van der Waals surface area contributed by atoms with Crippen LogP contribution in [-0.2, 0) is 11.3 Å². The zero-order chi connectivity index (χ0) is 13.7. The van der Waals surface area contributed by atoms with E-state index < -0.39 is 0 Å². The average Bonchev–Trinajstić information content (AvgIpc) is 2.42. The van der Waals surface area contributed by atoms with Crippen LogP contribution >= 0.6 is 0 Å². The lowest BCUT2D eigenvalue weighted by atomic mass is 9.80. The van der Waals surface area contributed by atoms with Crippen LogP contribution in [0.1, 0.15) is 18.4 Å². The standard InChI is InChI=1S/C15H23FN2O/c1-18(10-13-2-4-14(16)5-3-13)12-15(11-17)6-8-19-9-7-15/h2-5H,6-12,17H2,1H3. The molecule has 1 saturated heterocycles. The Kier molecular flexibility index (Phi) is 4.91. The Labute approximate surface area is 114 Å². The summed E-state index contributed by atoms with van der Waals surface area (Å²) in [5, 5.41) is 0. The molecule has 0 atom stereocenters. The molecule has 1 aromatic carbocycles. The van der Waals surface area contributed by atoms with E-state index in [-0.39, 0.29) is 11.2 Å². The highest BCUT2D eigenvalue weighted by atomic mass is 19.1. The molecule has 2 rings (SSSR count). The first-order valence-corrected chi connectivity index (χ1v) is 6.84. The molecule has 1 aliphatic rings. The first-order chi connectivity index (χ1) is 9.13. The molecule has 106 valence electrons. The molecule has 0 saturated carbocycles. The highest BCUT2D eigenvalue weighted by Crippen LogP contribution is 2.30. The zero-order valence-electron chi connectivity index (χ0n) is 11.6. The van der Waals surface area contributed by atoms with Gasteiger partial charge in [-0.05, 0) is 49.5 Å². The summed E-state index contributed by atoms with van der Waals surface area (Å²) < 4.78 is 18.3. The van der Waals surface area contributed by atoms with Crippen molar-refractivity contribution in [2.75, 3.05) is 33.4 Å². The molecular weight excluding hydrogens is 243 g/mol. The van der Waals surface area contributed by atoms with Crippen LogP contribution in [0.3, 0.4) is 0 Å². The molecule has 4 heteroatoms. The molecule has 0 aromatic heterocycles. The lowest BCUT2D eigenvalue weighted by molar-refractivity contribution is 0.00267. The van der Waals surface area contributed by atoms with Crippen LogP contribution in [0.25, 0.3) is 0 Å². The van der Waals surface area contributed by atoms with Crippen molar-refractivity contribution >= 4 is 0 Å². The predicted octanol–water partition coefficient (Wildman–Crippen LogP) is 2.01. The Bertz CT molecular complexity index is 388. The molecule has 1 heterocycles. The van der Waals surface area contributed by atoms with Gasteiger partial charge in [-0.1, -0.05) is 12.1 Å². The third-order valence-electron chi connectivity index (χ3n) is 3.96. The summed E-state index contributed by atoms with van der Waals surface area (Å²) >= 11 is 0. The normalized spacial score (nSPS) is 18.7. The second-order valence-electron chi connectivity index (χ2n) is 5.62. The number of ether oxygens (including phenoxy) is 1. The van der Waals surface area contributed by atoms with Crippen LogP contribution in [0.5, 0.6) is 0 Å². The number of hydrogen-bond donors (Lipinski definition) is 1. The van der Waals surface area contributed by atoms with E-state index in [9.17, 15) is 4.39 Å². The summed E-state index contributed by atoms with van der Waals surface area (Å²) in [5.41, 5.74) is 7.27. The summed E-state index contributed by atoms with van der Waals surface area (Å²) in [6, 6.07) is 6.70. The predicted molar refractivity (Wildman–Crippen MR) is 74.3 cm³/mol. The fourth-order valence-electron chi connectivity index (χ4n) is 2.76. The van der Waals surface area contributed by atoms with Crippen molar-refractivity contribution in [1.29, 1.82) is 0 Å². The van der Waals surface area contributed by atoms with Gasteiger partial charge in [0.15, 0.2) is 0 Å². The Hall–Kier alpha value is -0.970. The first kappa shape index (κ1) is 14.4. The number of benzene rings is 1. The number of hydrogen-bond acceptors (Lipinski definition) is 3. The topological polar surface area (TPSA) is 38.5 Å². The van der Waals surface area contributed by atoms with Gasteiger partial charge in [0, 0.05) is 26.3 Å². The third-order valence-corrected chi connectivity index (χ3v) is 3.96. The van der Waals surface area contributed by atoms with E-state index in [2.05, 4.69) is 11.9 Å². The van der Waals surface area contributed by atoms with Gasteiger partial charge in [0.25, 0.3) is 0 Å². The fourth-order valence-corrected chi connectivity index (χ4v) is 2.76. The van der Waals surface area contributed by atoms with Crippen molar-refractivity contribution in [2.45, 2.75) is 19.4 Å². The minimum Gasteiger partial charge on any atom is -0.381 e. The Morgan fingerprint density at radius 2 is 1.89 bits per heavy atom. The Morgan fingerprint density at radius 1 is 1.26 bits per heavy atom. The maximum atomic E-state index is 12.9. The molecule has 0 aliphatic carbocycles. The van der Waals surface area contributed by atoms with Gasteiger partial charge in [-0.3, -0.25) is 0 Å². The van der Waals surface area contributed by atoms with Crippen molar-refractivity contribution in [3.8, 4) is 0 Å². The van der Waals surface area contributed by atoms with Crippen molar-refractivity contribution < 1.29 is 9.13 Å². The SMILES string of the molecule is CN(Cc1ccc(F)cc1)CC1(CN)CCOCC1. The Morgan fingerprint density at radius 3 is 2.47 bits per heavy atom. The molecule has 3 nitrogen and oxygen atoms in total. The number of nitrogens with two attached hydrogens (primary N) is 1. The van der Waals surface area contributed by atoms with Crippen LogP contribution in [0, 0.1) is 11.2 Å². The zero-order valence-corrected chi connectivity index (χ0v) is 11.6. The molecule has 19 heavy (non-hydrogen) atoms. The average molecular weight is 266 g/mol. The molecule has 0 amide bonds. The van der Waals surface area contributed by atoms with Gasteiger partial charge in [0.2, 0.25) is 0 Å². The van der Waals surface area contributed by atoms with Crippen molar-refractivity contribution in [3.63, 3.8) is 0 Å². The van der Waals surface area contributed by atoms with Gasteiger partial charge in [-0.2, -0.15) is 0 Å². The molecule has 0 spiro atoms. The van der Waals surface area contributed by atoms with E-state index in [0.717, 1.165) is 44.7 Å². The smallest absolute Gasteiger partial charge is 0.123 e. The van der Waals surface area contributed by atoms with Gasteiger partial charge in [0.1, 0.15) is 5.82 Å². The summed E-state index contributed by atoms with van der Waals surface area (Å²) in [5.74, 6) is -0.186. The van der Waals surface area contributed by atoms with E-state index in [0.29, 0.717) is 6.54 Å². The number of nitrogens with zero attached hydrogens (tertiary/aromatic N) is 1. The number of rotatable bonds is 5. The molecule has 1 aliphatic heterocycles. The molecule has 0 unspecified atom stereocenters. The van der Waals surface area contributed by atoms with Crippen LogP contribution in [0.15, 0.2) is 24.3 Å². The van der Waals surface area contributed by atoms with E-state index in [1.54, 1.807) is 0 Å². The molecule has 0 radical (unpaired) electrons. The number of halogens is 1. The summed E-state index contributed by atoms with van der Waals surface area (Å²) in [6.45, 7) is 4.10. The van der Waals surface area contributed by atoms with Crippen LogP contribution < -0.4 is 5.73 Å². The van der Waals surface area contributed by atoms with Crippen molar-refractivity contribution in [1.82, 2.24) is 4.90 Å². The van der Waals surface area contributed by atoms with Crippen molar-refractivity contribution in [3.05, 3.63) is 35.6 Å². The fraction of sp³-hybridized carbons (Fsp3) is 0.600. The van der Waals surface area contributed by atoms with Crippen LogP contribution in [0.2, 0.25) is 0 Å². The van der Waals surface area contributed by atoms with E-state index in [1.165, 1.54) is 12.1 Å². The third kappa shape index (κ3) is 4.00. The highest BCUT2D eigenvalue weighted by molar-refractivity contribution is 5.15. The van der Waals surface area contributed by atoms with Gasteiger partial charge >= 0.3 is 0 Å². The quantitative estimate of drug-likeness (QED) is 0.886.